The van der Waals surface area contributed by atoms with E-state index in [0.717, 1.165) is 6.42 Å². The molecule has 0 rings (SSSR count). The Kier molecular flexibility index (Phi) is 8.32. The maximum Gasteiger partial charge on any atom is 0.326 e. The predicted molar refractivity (Wildman–Crippen MR) is 68.9 cm³/mol. The van der Waals surface area contributed by atoms with Crippen molar-refractivity contribution in [3.8, 4) is 0 Å². The third-order valence-electron chi connectivity index (χ3n) is 2.49. The fourth-order valence-electron chi connectivity index (χ4n) is 1.40. The van der Waals surface area contributed by atoms with E-state index in [1.165, 1.54) is 0 Å². The van der Waals surface area contributed by atoms with Crippen LogP contribution in [0.3, 0.4) is 0 Å². The number of hydrogen-bond donors (Lipinski definition) is 4. The molecule has 0 aromatic rings. The Balaban J connectivity index is 4.01. The molecule has 2 amide bonds. The number of carbonyl (C=O) groups is 3. The number of carboxylic acids is 2. The highest BCUT2D eigenvalue weighted by molar-refractivity contribution is 5.82. The number of amides is 2. The second kappa shape index (κ2) is 9.18. The Bertz CT molecular complexity index is 317. The quantitative estimate of drug-likeness (QED) is 0.501. The highest BCUT2D eigenvalue weighted by atomic mass is 16.4. The monoisotopic (exact) mass is 274 g/mol. The average Bonchev–Trinajstić information content (AvgIpc) is 2.26. The van der Waals surface area contributed by atoms with Crippen molar-refractivity contribution in [2.45, 2.75) is 45.6 Å². The molecule has 0 bridgehead atoms. The number of urea groups is 1. The molecular weight excluding hydrogens is 252 g/mol. The summed E-state index contributed by atoms with van der Waals surface area (Å²) in [7, 11) is 0. The first kappa shape index (κ1) is 17.2. The summed E-state index contributed by atoms with van der Waals surface area (Å²) in [5.41, 5.74) is 0. The summed E-state index contributed by atoms with van der Waals surface area (Å²) in [5.74, 6) is -1.69. The highest BCUT2D eigenvalue weighted by Crippen LogP contribution is 2.02. The molecule has 0 spiro atoms. The van der Waals surface area contributed by atoms with Gasteiger partial charge in [-0.3, -0.25) is 4.79 Å². The third kappa shape index (κ3) is 9.87. The standard InChI is InChI=1S/C12H22N2O5/c1-8(2)6-7-13-12(19)14-9(11(17)18)4-3-5-10(15)16/h8-9H,3-7H2,1-2H3,(H,15,16)(H,17,18)(H2,13,14,19)/t9-/m1/s1. The van der Waals surface area contributed by atoms with Crippen molar-refractivity contribution in [2.75, 3.05) is 6.54 Å². The molecular formula is C12H22N2O5. The van der Waals surface area contributed by atoms with Crippen LogP contribution in [-0.2, 0) is 9.59 Å². The maximum absolute atomic E-state index is 11.4. The molecule has 0 radical (unpaired) electrons. The van der Waals surface area contributed by atoms with Crippen molar-refractivity contribution in [3.63, 3.8) is 0 Å². The van der Waals surface area contributed by atoms with Crippen LogP contribution in [0, 0.1) is 5.92 Å². The smallest absolute Gasteiger partial charge is 0.326 e. The van der Waals surface area contributed by atoms with E-state index in [-0.39, 0.29) is 19.3 Å². The van der Waals surface area contributed by atoms with Crippen LogP contribution in [0.5, 0.6) is 0 Å². The summed E-state index contributed by atoms with van der Waals surface area (Å²) in [5, 5.41) is 22.3. The van der Waals surface area contributed by atoms with Gasteiger partial charge in [0.25, 0.3) is 0 Å². The second-order valence-electron chi connectivity index (χ2n) is 4.76. The van der Waals surface area contributed by atoms with Crippen molar-refractivity contribution in [1.82, 2.24) is 10.6 Å². The van der Waals surface area contributed by atoms with Gasteiger partial charge in [-0.1, -0.05) is 13.8 Å². The lowest BCUT2D eigenvalue weighted by atomic mass is 10.1. The Hall–Kier alpha value is -1.79. The van der Waals surface area contributed by atoms with Gasteiger partial charge in [0.05, 0.1) is 0 Å². The van der Waals surface area contributed by atoms with Crippen LogP contribution in [0.4, 0.5) is 4.79 Å². The molecule has 0 saturated carbocycles. The van der Waals surface area contributed by atoms with Gasteiger partial charge in [-0.2, -0.15) is 0 Å². The number of carbonyl (C=O) groups excluding carboxylic acids is 1. The largest absolute Gasteiger partial charge is 0.481 e. The molecule has 7 heteroatoms. The zero-order chi connectivity index (χ0) is 14.8. The first-order valence-electron chi connectivity index (χ1n) is 6.32. The first-order chi connectivity index (χ1) is 8.82. The van der Waals surface area contributed by atoms with Gasteiger partial charge in [0.15, 0.2) is 0 Å². The Labute approximate surface area is 112 Å². The van der Waals surface area contributed by atoms with Crippen LogP contribution in [0.2, 0.25) is 0 Å². The normalized spacial score (nSPS) is 11.9. The highest BCUT2D eigenvalue weighted by Gasteiger charge is 2.19. The minimum absolute atomic E-state index is 0.0965. The van der Waals surface area contributed by atoms with E-state index in [2.05, 4.69) is 10.6 Å². The van der Waals surface area contributed by atoms with Crippen molar-refractivity contribution < 1.29 is 24.6 Å². The lowest BCUT2D eigenvalue weighted by Gasteiger charge is -2.15. The minimum Gasteiger partial charge on any atom is -0.481 e. The molecule has 7 nitrogen and oxygen atoms in total. The van der Waals surface area contributed by atoms with Gasteiger partial charge < -0.3 is 20.8 Å². The lowest BCUT2D eigenvalue weighted by molar-refractivity contribution is -0.140. The molecule has 0 heterocycles. The molecule has 0 aromatic carbocycles. The van der Waals surface area contributed by atoms with Crippen molar-refractivity contribution in [2.24, 2.45) is 5.92 Å². The first-order valence-corrected chi connectivity index (χ1v) is 6.32. The van der Waals surface area contributed by atoms with Crippen molar-refractivity contribution in [1.29, 1.82) is 0 Å². The number of carboxylic acid groups (broad SMARTS) is 2. The number of aliphatic carboxylic acids is 2. The molecule has 0 aliphatic carbocycles. The summed E-state index contributed by atoms with van der Waals surface area (Å²) < 4.78 is 0. The Morgan fingerprint density at radius 3 is 2.21 bits per heavy atom. The summed E-state index contributed by atoms with van der Waals surface area (Å²) in [6.07, 6.45) is 1.00. The Morgan fingerprint density at radius 1 is 1.11 bits per heavy atom. The predicted octanol–water partition coefficient (Wildman–Crippen LogP) is 1.04. The van der Waals surface area contributed by atoms with E-state index in [4.69, 9.17) is 10.2 Å². The van der Waals surface area contributed by atoms with Gasteiger partial charge in [0.2, 0.25) is 0 Å². The van der Waals surface area contributed by atoms with E-state index < -0.39 is 24.0 Å². The Morgan fingerprint density at radius 2 is 1.74 bits per heavy atom. The van der Waals surface area contributed by atoms with E-state index in [9.17, 15) is 14.4 Å². The van der Waals surface area contributed by atoms with Crippen LogP contribution in [-0.4, -0.2) is 40.8 Å². The summed E-state index contributed by atoms with van der Waals surface area (Å²) >= 11 is 0. The topological polar surface area (TPSA) is 116 Å². The molecule has 0 aliphatic heterocycles. The van der Waals surface area contributed by atoms with Gasteiger partial charge in [-0.15, -0.1) is 0 Å². The number of hydrogen-bond acceptors (Lipinski definition) is 3. The van der Waals surface area contributed by atoms with E-state index in [0.29, 0.717) is 12.5 Å². The van der Waals surface area contributed by atoms with E-state index in [1.54, 1.807) is 0 Å². The van der Waals surface area contributed by atoms with Crippen LogP contribution in [0.25, 0.3) is 0 Å². The molecule has 0 unspecified atom stereocenters. The van der Waals surface area contributed by atoms with Crippen molar-refractivity contribution >= 4 is 18.0 Å². The average molecular weight is 274 g/mol. The SMILES string of the molecule is CC(C)CCNC(=O)N[C@H](CCCC(=O)O)C(=O)O. The lowest BCUT2D eigenvalue weighted by Crippen LogP contribution is -2.46. The van der Waals surface area contributed by atoms with Crippen molar-refractivity contribution in [3.05, 3.63) is 0 Å². The van der Waals surface area contributed by atoms with E-state index >= 15 is 0 Å². The zero-order valence-corrected chi connectivity index (χ0v) is 11.3. The summed E-state index contributed by atoms with van der Waals surface area (Å²) in [6, 6.07) is -1.60. The number of rotatable bonds is 9. The number of nitrogens with one attached hydrogen (secondary N) is 2. The minimum atomic E-state index is -1.16. The van der Waals surface area contributed by atoms with Crippen LogP contribution >= 0.6 is 0 Å². The van der Waals surface area contributed by atoms with Gasteiger partial charge in [0, 0.05) is 13.0 Å². The molecule has 0 fully saturated rings. The van der Waals surface area contributed by atoms with Crippen LogP contribution in [0.1, 0.15) is 39.5 Å². The second-order valence-corrected chi connectivity index (χ2v) is 4.76. The molecule has 19 heavy (non-hydrogen) atoms. The zero-order valence-electron chi connectivity index (χ0n) is 11.3. The summed E-state index contributed by atoms with van der Waals surface area (Å²) in [4.78, 5) is 32.7. The molecule has 0 aliphatic rings. The van der Waals surface area contributed by atoms with Gasteiger partial charge in [-0.25, -0.2) is 9.59 Å². The maximum atomic E-state index is 11.4. The molecule has 0 aromatic heterocycles. The fraction of sp³-hybridized carbons (Fsp3) is 0.750. The molecule has 110 valence electrons. The molecule has 0 saturated heterocycles. The third-order valence-corrected chi connectivity index (χ3v) is 2.49. The molecule has 1 atom stereocenters. The fourth-order valence-corrected chi connectivity index (χ4v) is 1.40. The van der Waals surface area contributed by atoms with Gasteiger partial charge >= 0.3 is 18.0 Å². The van der Waals surface area contributed by atoms with Crippen LogP contribution < -0.4 is 10.6 Å². The van der Waals surface area contributed by atoms with Gasteiger partial charge in [0.1, 0.15) is 6.04 Å². The van der Waals surface area contributed by atoms with Crippen LogP contribution in [0.15, 0.2) is 0 Å². The summed E-state index contributed by atoms with van der Waals surface area (Å²) in [6.45, 7) is 4.52. The van der Waals surface area contributed by atoms with Gasteiger partial charge in [-0.05, 0) is 25.2 Å². The molecule has 4 N–H and O–H groups in total. The van der Waals surface area contributed by atoms with E-state index in [1.807, 2.05) is 13.8 Å².